The fraction of sp³-hybridized carbons (Fsp3) is 0.438. The lowest BCUT2D eigenvalue weighted by Gasteiger charge is -2.21. The Hall–Kier alpha value is -2.58. The van der Waals surface area contributed by atoms with Crippen LogP contribution in [0.1, 0.15) is 44.0 Å². The Kier molecular flexibility index (Phi) is 6.55. The van der Waals surface area contributed by atoms with Crippen molar-refractivity contribution in [2.75, 3.05) is 0 Å². The van der Waals surface area contributed by atoms with E-state index in [1.54, 1.807) is 20.8 Å². The average molecular weight is 361 g/mol. The molecule has 138 valence electrons. The first-order valence-electron chi connectivity index (χ1n) is 7.31. The molecule has 1 aromatic rings. The van der Waals surface area contributed by atoms with Crippen molar-refractivity contribution in [2.45, 2.75) is 45.3 Å². The van der Waals surface area contributed by atoms with Gasteiger partial charge in [-0.1, -0.05) is 0 Å². The highest BCUT2D eigenvalue weighted by molar-refractivity contribution is 5.96. The number of carbonyl (C=O) groups is 3. The minimum absolute atomic E-state index is 0.232. The third-order valence-corrected chi connectivity index (χ3v) is 2.96. The van der Waals surface area contributed by atoms with E-state index in [9.17, 15) is 27.6 Å². The van der Waals surface area contributed by atoms with Crippen molar-refractivity contribution in [1.82, 2.24) is 5.32 Å². The fourth-order valence-electron chi connectivity index (χ4n) is 1.85. The van der Waals surface area contributed by atoms with E-state index in [-0.39, 0.29) is 12.5 Å². The molecule has 0 aromatic heterocycles. The van der Waals surface area contributed by atoms with E-state index in [2.05, 4.69) is 5.32 Å². The van der Waals surface area contributed by atoms with Gasteiger partial charge in [-0.15, -0.1) is 0 Å². The Balaban J connectivity index is 2.75. The summed E-state index contributed by atoms with van der Waals surface area (Å²) in [6.07, 6.45) is -1.88. The number of carboxylic acid groups (broad SMARTS) is 1. The number of carbonyl (C=O) groups excluding carboxylic acids is 2. The van der Waals surface area contributed by atoms with Gasteiger partial charge in [0.2, 0.25) is 0 Å². The quantitative estimate of drug-likeness (QED) is 0.600. The summed E-state index contributed by atoms with van der Waals surface area (Å²) in [4.78, 5) is 34.6. The molecule has 0 saturated carbocycles. The van der Waals surface area contributed by atoms with Crippen LogP contribution in [0.25, 0.3) is 0 Å². The number of hydrogen-bond donors (Lipinski definition) is 2. The van der Waals surface area contributed by atoms with Crippen LogP contribution in [0.2, 0.25) is 0 Å². The fourth-order valence-corrected chi connectivity index (χ4v) is 1.85. The molecule has 0 bridgehead atoms. The molecule has 0 radical (unpaired) electrons. The minimum Gasteiger partial charge on any atom is -0.480 e. The zero-order chi connectivity index (χ0) is 19.4. The third-order valence-electron chi connectivity index (χ3n) is 2.96. The Morgan fingerprint density at radius 2 is 1.68 bits per heavy atom. The second kappa shape index (κ2) is 8.00. The molecule has 1 atom stereocenters. The van der Waals surface area contributed by atoms with Gasteiger partial charge in [0, 0.05) is 12.5 Å². The molecule has 2 N–H and O–H groups in total. The molecule has 0 aliphatic rings. The van der Waals surface area contributed by atoms with Crippen LogP contribution in [-0.4, -0.2) is 34.6 Å². The zero-order valence-electron chi connectivity index (χ0n) is 13.9. The van der Waals surface area contributed by atoms with Gasteiger partial charge in [0.25, 0.3) is 0 Å². The highest BCUT2D eigenvalue weighted by atomic mass is 19.2. The van der Waals surface area contributed by atoms with Crippen molar-refractivity contribution in [3.63, 3.8) is 0 Å². The number of hydrogen-bond acceptors (Lipinski definition) is 4. The number of ketones is 1. The monoisotopic (exact) mass is 361 g/mol. The molecule has 0 unspecified atom stereocenters. The lowest BCUT2D eigenvalue weighted by molar-refractivity contribution is -0.139. The van der Waals surface area contributed by atoms with Crippen LogP contribution in [0.5, 0.6) is 0 Å². The number of carboxylic acids is 1. The lowest BCUT2D eigenvalue weighted by Crippen LogP contribution is -2.43. The molecule has 1 amide bonds. The van der Waals surface area contributed by atoms with Crippen LogP contribution >= 0.6 is 0 Å². The van der Waals surface area contributed by atoms with Crippen LogP contribution < -0.4 is 5.32 Å². The van der Waals surface area contributed by atoms with E-state index in [4.69, 9.17) is 9.84 Å². The lowest BCUT2D eigenvalue weighted by atomic mass is 10.0. The molecule has 0 aliphatic carbocycles. The minimum atomic E-state index is -1.47. The molecular weight excluding hydrogens is 343 g/mol. The number of ether oxygens (including phenoxy) is 1. The molecule has 0 saturated heterocycles. The molecule has 0 spiro atoms. The molecule has 0 heterocycles. The van der Waals surface area contributed by atoms with E-state index in [1.165, 1.54) is 0 Å². The maximum atomic E-state index is 13.5. The predicted molar refractivity (Wildman–Crippen MR) is 80.7 cm³/mol. The summed E-state index contributed by atoms with van der Waals surface area (Å²) in [7, 11) is 0. The van der Waals surface area contributed by atoms with Gasteiger partial charge in [-0.05, 0) is 33.3 Å². The summed E-state index contributed by atoms with van der Waals surface area (Å²) >= 11 is 0. The van der Waals surface area contributed by atoms with Crippen molar-refractivity contribution in [1.29, 1.82) is 0 Å². The predicted octanol–water partition coefficient (Wildman–Crippen LogP) is 3.04. The smallest absolute Gasteiger partial charge is 0.408 e. The molecule has 25 heavy (non-hydrogen) atoms. The van der Waals surface area contributed by atoms with Crippen LogP contribution in [0.3, 0.4) is 0 Å². The Morgan fingerprint density at radius 3 is 2.20 bits per heavy atom. The first-order valence-corrected chi connectivity index (χ1v) is 7.31. The van der Waals surface area contributed by atoms with E-state index < -0.39 is 58.9 Å². The number of aliphatic carboxylic acids is 1. The third kappa shape index (κ3) is 6.44. The normalized spacial score (nSPS) is 12.4. The van der Waals surface area contributed by atoms with Crippen LogP contribution in [-0.2, 0) is 9.53 Å². The second-order valence-electron chi connectivity index (χ2n) is 6.25. The molecule has 9 heteroatoms. The standard InChI is InChI=1S/C16H18F3NO5/c1-16(2,3)25-15(24)20-12(14(22)23)4-5-13(21)8-6-10(18)11(19)7-9(8)17/h6-7,12H,4-5H2,1-3H3,(H,20,24)(H,22,23)/t12-/m1/s1. The molecule has 0 aliphatic heterocycles. The Bertz CT molecular complexity index is 685. The van der Waals surface area contributed by atoms with E-state index in [0.29, 0.717) is 6.07 Å². The molecule has 6 nitrogen and oxygen atoms in total. The number of halogens is 3. The second-order valence-corrected chi connectivity index (χ2v) is 6.25. The van der Waals surface area contributed by atoms with E-state index >= 15 is 0 Å². The summed E-state index contributed by atoms with van der Waals surface area (Å²) in [6.45, 7) is 4.74. The van der Waals surface area contributed by atoms with Crippen LogP contribution in [0.15, 0.2) is 12.1 Å². The van der Waals surface area contributed by atoms with Gasteiger partial charge in [0.05, 0.1) is 5.56 Å². The first-order chi connectivity index (χ1) is 11.4. The first kappa shape index (κ1) is 20.5. The topological polar surface area (TPSA) is 92.7 Å². The van der Waals surface area contributed by atoms with Crippen molar-refractivity contribution in [2.24, 2.45) is 0 Å². The van der Waals surface area contributed by atoms with Gasteiger partial charge in [-0.25, -0.2) is 22.8 Å². The van der Waals surface area contributed by atoms with Gasteiger partial charge >= 0.3 is 12.1 Å². The maximum absolute atomic E-state index is 13.5. The van der Waals surface area contributed by atoms with Crippen molar-refractivity contribution in [3.05, 3.63) is 35.1 Å². The Morgan fingerprint density at radius 1 is 1.12 bits per heavy atom. The molecule has 1 aromatic carbocycles. The highest BCUT2D eigenvalue weighted by Crippen LogP contribution is 2.17. The number of nitrogens with one attached hydrogen (secondary N) is 1. The zero-order valence-corrected chi connectivity index (χ0v) is 13.9. The van der Waals surface area contributed by atoms with Crippen molar-refractivity contribution < 1.29 is 37.4 Å². The highest BCUT2D eigenvalue weighted by Gasteiger charge is 2.25. The number of amides is 1. The largest absolute Gasteiger partial charge is 0.480 e. The number of alkyl carbamates (subject to hydrolysis) is 1. The van der Waals surface area contributed by atoms with Gasteiger partial charge in [-0.3, -0.25) is 4.79 Å². The van der Waals surface area contributed by atoms with E-state index in [1.807, 2.05) is 0 Å². The summed E-state index contributed by atoms with van der Waals surface area (Å²) < 4.78 is 44.4. The van der Waals surface area contributed by atoms with Crippen LogP contribution in [0.4, 0.5) is 18.0 Å². The SMILES string of the molecule is CC(C)(C)OC(=O)N[C@H](CCC(=O)c1cc(F)c(F)cc1F)C(=O)O. The maximum Gasteiger partial charge on any atom is 0.408 e. The molecular formula is C16H18F3NO5. The van der Waals surface area contributed by atoms with E-state index in [0.717, 1.165) is 0 Å². The summed E-state index contributed by atoms with van der Waals surface area (Å²) in [5.41, 5.74) is -1.54. The van der Waals surface area contributed by atoms with Gasteiger partial charge in [0.15, 0.2) is 17.4 Å². The Labute approximate surface area is 142 Å². The van der Waals surface area contributed by atoms with Crippen molar-refractivity contribution in [3.8, 4) is 0 Å². The number of rotatable bonds is 6. The molecule has 1 rings (SSSR count). The summed E-state index contributed by atoms with van der Waals surface area (Å²) in [5.74, 6) is -6.44. The number of Topliss-reactive ketones (excluding diaryl/α,β-unsaturated/α-hetero) is 1. The summed E-state index contributed by atoms with van der Waals surface area (Å²) in [6, 6.07) is -0.826. The average Bonchev–Trinajstić information content (AvgIpc) is 2.44. The molecule has 0 fully saturated rings. The summed E-state index contributed by atoms with van der Waals surface area (Å²) in [5, 5.41) is 11.1. The van der Waals surface area contributed by atoms with Gasteiger partial charge in [0.1, 0.15) is 17.5 Å². The van der Waals surface area contributed by atoms with Crippen molar-refractivity contribution >= 4 is 17.8 Å². The number of benzene rings is 1. The van der Waals surface area contributed by atoms with Crippen LogP contribution in [0, 0.1) is 17.5 Å². The van der Waals surface area contributed by atoms with Gasteiger partial charge in [-0.2, -0.15) is 0 Å². The van der Waals surface area contributed by atoms with Gasteiger partial charge < -0.3 is 15.2 Å².